The molecule has 0 aliphatic rings. The van der Waals surface area contributed by atoms with E-state index in [4.69, 9.17) is 22.4 Å². The molecule has 86 valence electrons. The molecule has 6 heteroatoms. The molecule has 3 N–H and O–H groups in total. The highest BCUT2D eigenvalue weighted by atomic mass is 35.5. The molecule has 0 saturated carbocycles. The Kier molecular flexibility index (Phi) is 5.45. The molecule has 2 atom stereocenters. The van der Waals surface area contributed by atoms with Gasteiger partial charge in [0.15, 0.2) is 0 Å². The maximum atomic E-state index is 13.2. The van der Waals surface area contributed by atoms with Gasteiger partial charge in [-0.3, -0.25) is 0 Å². The molecule has 0 aromatic heterocycles. The van der Waals surface area contributed by atoms with Crippen LogP contribution in [0.2, 0.25) is 5.02 Å². The lowest BCUT2D eigenvalue weighted by molar-refractivity contribution is 0.160. The molecule has 0 spiro atoms. The van der Waals surface area contributed by atoms with Crippen molar-refractivity contribution in [3.8, 4) is 0 Å². The maximum absolute atomic E-state index is 13.2. The second-order valence-electron chi connectivity index (χ2n) is 3.05. The van der Waals surface area contributed by atoms with Gasteiger partial charge in [-0.05, 0) is 19.1 Å². The van der Waals surface area contributed by atoms with Crippen LogP contribution >= 0.6 is 24.0 Å². The van der Waals surface area contributed by atoms with Crippen LogP contribution in [-0.4, -0.2) is 11.2 Å². The quantitative estimate of drug-likeness (QED) is 0.855. The van der Waals surface area contributed by atoms with Gasteiger partial charge in [0, 0.05) is 10.6 Å². The zero-order valence-electron chi connectivity index (χ0n) is 7.88. The van der Waals surface area contributed by atoms with Crippen LogP contribution in [0.15, 0.2) is 12.1 Å². The lowest BCUT2D eigenvalue weighted by Crippen LogP contribution is -2.25. The van der Waals surface area contributed by atoms with Gasteiger partial charge in [0.25, 0.3) is 0 Å². The Hall–Kier alpha value is -0.420. The summed E-state index contributed by atoms with van der Waals surface area (Å²) in [5.74, 6) is -1.69. The molecule has 0 unspecified atom stereocenters. The Bertz CT molecular complexity index is 324. The second kappa shape index (κ2) is 5.61. The second-order valence-corrected chi connectivity index (χ2v) is 3.49. The zero-order valence-corrected chi connectivity index (χ0v) is 9.45. The molecule has 2 nitrogen and oxygen atoms in total. The molecule has 0 fully saturated rings. The first kappa shape index (κ1) is 14.6. The Morgan fingerprint density at radius 1 is 1.33 bits per heavy atom. The smallest absolute Gasteiger partial charge is 0.132 e. The fourth-order valence-electron chi connectivity index (χ4n) is 1.11. The molecule has 15 heavy (non-hydrogen) atoms. The van der Waals surface area contributed by atoms with Crippen molar-refractivity contribution < 1.29 is 13.9 Å². The Morgan fingerprint density at radius 3 is 2.07 bits per heavy atom. The molecule has 1 aromatic carbocycles. The average molecular weight is 258 g/mol. The van der Waals surface area contributed by atoms with Crippen LogP contribution < -0.4 is 5.73 Å². The topological polar surface area (TPSA) is 46.2 Å². The first-order valence-corrected chi connectivity index (χ1v) is 4.39. The average Bonchev–Trinajstić information content (AvgIpc) is 2.01. The van der Waals surface area contributed by atoms with E-state index in [1.54, 1.807) is 0 Å². The summed E-state index contributed by atoms with van der Waals surface area (Å²) in [6.45, 7) is 1.36. The lowest BCUT2D eigenvalue weighted by atomic mass is 10.0. The normalized spacial score (nSPS) is 14.3. The molecule has 0 bridgehead atoms. The Balaban J connectivity index is 0.00000196. The van der Waals surface area contributed by atoms with Crippen molar-refractivity contribution in [3.05, 3.63) is 34.4 Å². The number of aliphatic hydroxyl groups is 1. The maximum Gasteiger partial charge on any atom is 0.132 e. The molecule has 0 saturated heterocycles. The van der Waals surface area contributed by atoms with Crippen LogP contribution in [0.25, 0.3) is 0 Å². The van der Waals surface area contributed by atoms with Crippen LogP contribution in [0, 0.1) is 11.6 Å². The third kappa shape index (κ3) is 3.28. The van der Waals surface area contributed by atoms with Crippen molar-refractivity contribution in [2.45, 2.75) is 19.1 Å². The van der Waals surface area contributed by atoms with Gasteiger partial charge >= 0.3 is 0 Å². The van der Waals surface area contributed by atoms with Crippen molar-refractivity contribution in [3.63, 3.8) is 0 Å². The van der Waals surface area contributed by atoms with E-state index in [-0.39, 0.29) is 23.0 Å². The standard InChI is InChI=1S/C9H10ClF2NO.ClH/c1-4(14)9(13)8-6(11)2-5(10)3-7(8)12;/h2-4,9,14H,13H2,1H3;1H/t4-,9-;/m0./s1. The van der Waals surface area contributed by atoms with E-state index in [9.17, 15) is 8.78 Å². The third-order valence-electron chi connectivity index (χ3n) is 1.90. The first-order valence-electron chi connectivity index (χ1n) is 4.01. The van der Waals surface area contributed by atoms with E-state index in [1.165, 1.54) is 6.92 Å². The van der Waals surface area contributed by atoms with Crippen molar-refractivity contribution in [2.24, 2.45) is 5.73 Å². The molecule has 0 aliphatic heterocycles. The van der Waals surface area contributed by atoms with Crippen LogP contribution in [0.5, 0.6) is 0 Å². The van der Waals surface area contributed by atoms with Crippen molar-refractivity contribution >= 4 is 24.0 Å². The predicted molar refractivity (Wildman–Crippen MR) is 57.2 cm³/mol. The van der Waals surface area contributed by atoms with E-state index >= 15 is 0 Å². The van der Waals surface area contributed by atoms with Crippen molar-refractivity contribution in [1.82, 2.24) is 0 Å². The molecule has 0 heterocycles. The number of aliphatic hydroxyl groups excluding tert-OH is 1. The van der Waals surface area contributed by atoms with Crippen molar-refractivity contribution in [2.75, 3.05) is 0 Å². The number of rotatable bonds is 2. The molecule has 1 rings (SSSR count). The molecule has 1 aromatic rings. The lowest BCUT2D eigenvalue weighted by Gasteiger charge is -2.16. The summed E-state index contributed by atoms with van der Waals surface area (Å²) in [5, 5.41) is 9.06. The monoisotopic (exact) mass is 257 g/mol. The minimum absolute atomic E-state index is 0. The summed E-state index contributed by atoms with van der Waals surface area (Å²) in [6, 6.07) is 0.831. The molecular formula is C9H11Cl2F2NO. The highest BCUT2D eigenvalue weighted by Crippen LogP contribution is 2.24. The van der Waals surface area contributed by atoms with Crippen LogP contribution in [0.4, 0.5) is 8.78 Å². The van der Waals surface area contributed by atoms with E-state index in [0.29, 0.717) is 0 Å². The number of hydrogen-bond acceptors (Lipinski definition) is 2. The molecule has 0 radical (unpaired) electrons. The summed E-state index contributed by atoms with van der Waals surface area (Å²) in [7, 11) is 0. The molecule has 0 amide bonds. The van der Waals surface area contributed by atoms with Gasteiger partial charge in [-0.2, -0.15) is 0 Å². The number of nitrogens with two attached hydrogens (primary N) is 1. The summed E-state index contributed by atoms with van der Waals surface area (Å²) in [4.78, 5) is 0. The third-order valence-corrected chi connectivity index (χ3v) is 2.12. The van der Waals surface area contributed by atoms with Gasteiger partial charge in [-0.15, -0.1) is 12.4 Å². The van der Waals surface area contributed by atoms with Gasteiger partial charge in [0.05, 0.1) is 12.1 Å². The summed E-state index contributed by atoms with van der Waals surface area (Å²) in [5.41, 5.74) is 5.07. The number of benzene rings is 1. The minimum atomic E-state index is -1.09. The van der Waals surface area contributed by atoms with E-state index in [1.807, 2.05) is 0 Å². The number of halogens is 4. The largest absolute Gasteiger partial charge is 0.391 e. The van der Waals surface area contributed by atoms with Gasteiger partial charge in [-0.25, -0.2) is 8.78 Å². The molecule has 0 aliphatic carbocycles. The summed E-state index contributed by atoms with van der Waals surface area (Å²) < 4.78 is 26.4. The first-order chi connectivity index (χ1) is 6.43. The zero-order chi connectivity index (χ0) is 10.9. The highest BCUT2D eigenvalue weighted by molar-refractivity contribution is 6.30. The fraction of sp³-hybridized carbons (Fsp3) is 0.333. The van der Waals surface area contributed by atoms with E-state index in [2.05, 4.69) is 0 Å². The minimum Gasteiger partial charge on any atom is -0.391 e. The van der Waals surface area contributed by atoms with Crippen LogP contribution in [0.3, 0.4) is 0 Å². The fourth-order valence-corrected chi connectivity index (χ4v) is 1.30. The SMILES string of the molecule is C[C@H](O)[C@H](N)c1c(F)cc(Cl)cc1F.Cl. The summed E-state index contributed by atoms with van der Waals surface area (Å²) >= 11 is 5.42. The van der Waals surface area contributed by atoms with Gasteiger partial charge in [-0.1, -0.05) is 11.6 Å². The Labute approximate surface area is 97.4 Å². The van der Waals surface area contributed by atoms with Gasteiger partial charge in [0.1, 0.15) is 11.6 Å². The van der Waals surface area contributed by atoms with Crippen molar-refractivity contribution in [1.29, 1.82) is 0 Å². The number of hydrogen-bond donors (Lipinski definition) is 2. The predicted octanol–water partition coefficient (Wildman–Crippen LogP) is 2.42. The van der Waals surface area contributed by atoms with Crippen LogP contribution in [0.1, 0.15) is 18.5 Å². The van der Waals surface area contributed by atoms with E-state index in [0.717, 1.165) is 12.1 Å². The summed E-state index contributed by atoms with van der Waals surface area (Å²) in [6.07, 6.45) is -1.03. The van der Waals surface area contributed by atoms with Gasteiger partial charge < -0.3 is 10.8 Å². The van der Waals surface area contributed by atoms with E-state index < -0.39 is 23.8 Å². The Morgan fingerprint density at radius 2 is 1.73 bits per heavy atom. The highest BCUT2D eigenvalue weighted by Gasteiger charge is 2.21. The molecular weight excluding hydrogens is 247 g/mol. The van der Waals surface area contributed by atoms with Crippen LogP contribution in [-0.2, 0) is 0 Å². The van der Waals surface area contributed by atoms with Gasteiger partial charge in [0.2, 0.25) is 0 Å².